The summed E-state index contributed by atoms with van der Waals surface area (Å²) < 4.78 is 5.74. The molecule has 1 aliphatic rings. The number of anilines is 1. The highest BCUT2D eigenvalue weighted by Crippen LogP contribution is 2.45. The number of nitrogens with two attached hydrogens (primary N) is 3. The molecule has 7 nitrogen and oxygen atoms in total. The van der Waals surface area contributed by atoms with Gasteiger partial charge in [-0.25, -0.2) is 0 Å². The number of nitrogens with one attached hydrogen (secondary N) is 1. The number of ether oxygens (including phenoxy) is 1. The van der Waals surface area contributed by atoms with Gasteiger partial charge in [-0.2, -0.15) is 0 Å². The Morgan fingerprint density at radius 1 is 1.11 bits per heavy atom. The molecule has 9 heteroatoms. The molecule has 0 spiro atoms. The third-order valence-electron chi connectivity index (χ3n) is 5.61. The number of benzene rings is 3. The van der Waals surface area contributed by atoms with Gasteiger partial charge in [0.1, 0.15) is 11.6 Å². The summed E-state index contributed by atoms with van der Waals surface area (Å²) in [7, 11) is 2.04. The minimum atomic E-state index is -0.314. The van der Waals surface area contributed by atoms with E-state index >= 15 is 0 Å². The standard InChI is InChI=1S/C21H27N5O2S.C6H6S/c1-26-17-8-7-15(28-9-3-6-19(23)27)12-18(17)29-21(26)16(22)11-13-4-2-5-14(10-13)20(24)25;7-6-4-2-1-3-5-6/h2,4-5,7-8,10,12,16,21H,3,6,9,11,22H2,1H3,(H2,23,27)(H3,24,25);1-5,7H. The van der Waals surface area contributed by atoms with Crippen LogP contribution in [-0.2, 0) is 11.2 Å². The lowest BCUT2D eigenvalue weighted by Crippen LogP contribution is -2.43. The Labute approximate surface area is 222 Å². The summed E-state index contributed by atoms with van der Waals surface area (Å²) in [4.78, 5) is 15.1. The summed E-state index contributed by atoms with van der Waals surface area (Å²) >= 11 is 5.80. The van der Waals surface area contributed by atoms with E-state index in [-0.39, 0.29) is 23.2 Å². The molecule has 1 heterocycles. The van der Waals surface area contributed by atoms with Gasteiger partial charge in [0.25, 0.3) is 0 Å². The number of carbonyl (C=O) groups excluding carboxylic acids is 1. The fourth-order valence-electron chi connectivity index (χ4n) is 3.79. The highest BCUT2D eigenvalue weighted by Gasteiger charge is 2.32. The Bertz CT molecular complexity index is 1180. The number of thioether (sulfide) groups is 1. The molecule has 0 radical (unpaired) electrons. The Balaban J connectivity index is 0.000000444. The van der Waals surface area contributed by atoms with E-state index in [1.165, 1.54) is 0 Å². The second kappa shape index (κ2) is 13.2. The fraction of sp³-hybridized carbons (Fsp3) is 0.259. The van der Waals surface area contributed by atoms with Gasteiger partial charge in [-0.15, -0.1) is 12.6 Å². The first-order valence-electron chi connectivity index (χ1n) is 11.6. The van der Waals surface area contributed by atoms with Crippen LogP contribution in [0.2, 0.25) is 0 Å². The van der Waals surface area contributed by atoms with Crippen molar-refractivity contribution >= 4 is 41.8 Å². The van der Waals surface area contributed by atoms with Gasteiger partial charge in [-0.1, -0.05) is 48.2 Å². The van der Waals surface area contributed by atoms with Crippen LogP contribution in [0.15, 0.2) is 82.6 Å². The number of carbonyl (C=O) groups is 1. The van der Waals surface area contributed by atoms with E-state index in [0.717, 1.165) is 26.8 Å². The minimum Gasteiger partial charge on any atom is -0.494 e. The Morgan fingerprint density at radius 2 is 1.86 bits per heavy atom. The molecule has 2 atom stereocenters. The first-order valence-corrected chi connectivity index (χ1v) is 12.9. The highest BCUT2D eigenvalue weighted by molar-refractivity contribution is 8.00. The van der Waals surface area contributed by atoms with Crippen molar-refractivity contribution in [3.63, 3.8) is 0 Å². The number of nitrogen functional groups attached to an aromatic ring is 1. The van der Waals surface area contributed by atoms with Crippen LogP contribution in [0, 0.1) is 5.41 Å². The molecular weight excluding hydrogens is 490 g/mol. The van der Waals surface area contributed by atoms with Gasteiger partial charge in [-0.3, -0.25) is 10.2 Å². The first kappa shape index (κ1) is 27.4. The quantitative estimate of drug-likeness (QED) is 0.125. The molecule has 4 rings (SSSR count). The summed E-state index contributed by atoms with van der Waals surface area (Å²) in [5.41, 5.74) is 20.2. The van der Waals surface area contributed by atoms with Gasteiger partial charge in [0.2, 0.25) is 5.91 Å². The lowest BCUT2D eigenvalue weighted by Gasteiger charge is -2.27. The molecule has 2 unspecified atom stereocenters. The van der Waals surface area contributed by atoms with Crippen molar-refractivity contribution in [3.05, 3.63) is 83.9 Å². The normalized spacial score (nSPS) is 14.9. The van der Waals surface area contributed by atoms with Crippen LogP contribution in [-0.4, -0.2) is 36.8 Å². The van der Waals surface area contributed by atoms with Crippen molar-refractivity contribution in [1.82, 2.24) is 0 Å². The number of hydrogen-bond acceptors (Lipinski definition) is 7. The van der Waals surface area contributed by atoms with E-state index in [1.807, 2.05) is 79.8 Å². The monoisotopic (exact) mass is 523 g/mol. The lowest BCUT2D eigenvalue weighted by molar-refractivity contribution is -0.118. The average molecular weight is 524 g/mol. The predicted octanol–water partition coefficient (Wildman–Crippen LogP) is 4.03. The number of nitrogens with zero attached hydrogens (tertiary/aromatic N) is 1. The van der Waals surface area contributed by atoms with Crippen molar-refractivity contribution in [2.75, 3.05) is 18.6 Å². The van der Waals surface area contributed by atoms with Crippen LogP contribution < -0.4 is 26.8 Å². The van der Waals surface area contributed by atoms with E-state index in [9.17, 15) is 4.79 Å². The average Bonchev–Trinajstić information content (AvgIpc) is 3.18. The van der Waals surface area contributed by atoms with Crippen LogP contribution in [0.3, 0.4) is 0 Å². The van der Waals surface area contributed by atoms with Crippen LogP contribution >= 0.6 is 24.4 Å². The van der Waals surface area contributed by atoms with Gasteiger partial charge >= 0.3 is 0 Å². The number of amidine groups is 1. The largest absolute Gasteiger partial charge is 0.494 e. The van der Waals surface area contributed by atoms with Crippen molar-refractivity contribution in [1.29, 1.82) is 5.41 Å². The van der Waals surface area contributed by atoms with Crippen LogP contribution in [0.25, 0.3) is 0 Å². The zero-order valence-corrected chi connectivity index (χ0v) is 22.0. The van der Waals surface area contributed by atoms with E-state index in [0.29, 0.717) is 31.4 Å². The second-order valence-corrected chi connectivity index (χ2v) is 10.2. The first-order chi connectivity index (χ1) is 17.2. The number of fused-ring (bicyclic) bond motifs is 1. The summed E-state index contributed by atoms with van der Waals surface area (Å²) in [6, 6.07) is 23.3. The summed E-state index contributed by atoms with van der Waals surface area (Å²) in [6.07, 6.45) is 1.62. The van der Waals surface area contributed by atoms with Crippen molar-refractivity contribution in [3.8, 4) is 5.75 Å². The Kier molecular flexibility index (Phi) is 10.1. The number of rotatable bonds is 9. The molecule has 1 amide bonds. The Hall–Kier alpha value is -3.14. The fourth-order valence-corrected chi connectivity index (χ4v) is 5.29. The van der Waals surface area contributed by atoms with Crippen molar-refractivity contribution in [2.24, 2.45) is 17.2 Å². The molecular formula is C27H33N5O2S2. The number of primary amides is 1. The summed E-state index contributed by atoms with van der Waals surface area (Å²) in [6.45, 7) is 0.456. The maximum Gasteiger partial charge on any atom is 0.217 e. The number of likely N-dealkylation sites (N-methyl/N-ethyl adjacent to an activating group) is 1. The van der Waals surface area contributed by atoms with Crippen LogP contribution in [0.4, 0.5) is 5.69 Å². The molecule has 0 aliphatic carbocycles. The molecule has 0 saturated carbocycles. The van der Waals surface area contributed by atoms with Gasteiger partial charge in [0.15, 0.2) is 0 Å². The van der Waals surface area contributed by atoms with Crippen molar-refractivity contribution in [2.45, 2.75) is 40.5 Å². The predicted molar refractivity (Wildman–Crippen MR) is 151 cm³/mol. The molecule has 7 N–H and O–H groups in total. The summed E-state index contributed by atoms with van der Waals surface area (Å²) in [5.74, 6) is 0.520. The lowest BCUT2D eigenvalue weighted by atomic mass is 10.0. The highest BCUT2D eigenvalue weighted by atomic mass is 32.2. The zero-order valence-electron chi connectivity index (χ0n) is 20.3. The molecule has 0 aromatic heterocycles. The molecule has 36 heavy (non-hydrogen) atoms. The third-order valence-corrected chi connectivity index (χ3v) is 7.40. The van der Waals surface area contributed by atoms with Crippen LogP contribution in [0.5, 0.6) is 5.75 Å². The van der Waals surface area contributed by atoms with E-state index in [2.05, 4.69) is 17.5 Å². The smallest absolute Gasteiger partial charge is 0.217 e. The third kappa shape index (κ3) is 7.94. The maximum atomic E-state index is 10.8. The number of hydrogen-bond donors (Lipinski definition) is 5. The zero-order chi connectivity index (χ0) is 26.1. The topological polar surface area (TPSA) is 131 Å². The summed E-state index contributed by atoms with van der Waals surface area (Å²) in [5, 5.41) is 7.70. The molecule has 3 aromatic rings. The molecule has 1 aliphatic heterocycles. The van der Waals surface area contributed by atoms with Gasteiger partial charge < -0.3 is 26.8 Å². The maximum absolute atomic E-state index is 10.8. The number of thiol groups is 1. The molecule has 0 bridgehead atoms. The number of amides is 1. The molecule has 190 valence electrons. The molecule has 0 saturated heterocycles. The van der Waals surface area contributed by atoms with E-state index < -0.39 is 0 Å². The molecule has 0 fully saturated rings. The van der Waals surface area contributed by atoms with Gasteiger partial charge in [-0.05, 0) is 54.8 Å². The molecule has 3 aromatic carbocycles. The van der Waals surface area contributed by atoms with E-state index in [1.54, 1.807) is 11.8 Å². The van der Waals surface area contributed by atoms with Gasteiger partial charge in [0, 0.05) is 34.9 Å². The minimum absolute atomic E-state index is 0.0588. The van der Waals surface area contributed by atoms with Gasteiger partial charge in [0.05, 0.1) is 17.7 Å². The van der Waals surface area contributed by atoms with Crippen molar-refractivity contribution < 1.29 is 9.53 Å². The van der Waals surface area contributed by atoms with E-state index in [4.69, 9.17) is 27.3 Å². The second-order valence-electron chi connectivity index (χ2n) is 8.48. The SMILES string of the molecule is CN1c2ccc(OCCCC(N)=O)cc2SC1C(N)Cc1cccc(C(=N)N)c1.Sc1ccccc1. The van der Waals surface area contributed by atoms with Crippen LogP contribution in [0.1, 0.15) is 24.0 Å². The Morgan fingerprint density at radius 3 is 2.50 bits per heavy atom.